The number of carbonyl (C=O) groups is 1. The highest BCUT2D eigenvalue weighted by Crippen LogP contribution is 2.23. The lowest BCUT2D eigenvalue weighted by atomic mass is 10.0. The second-order valence-electron chi connectivity index (χ2n) is 8.38. The number of pyridine rings is 2. The molecule has 8 heteroatoms. The summed E-state index contributed by atoms with van der Waals surface area (Å²) in [7, 11) is -3.99. The smallest absolute Gasteiger partial charge is 0.252 e. The van der Waals surface area contributed by atoms with Crippen LogP contribution in [0.1, 0.15) is 39.5 Å². The summed E-state index contributed by atoms with van der Waals surface area (Å²) >= 11 is 0. The first-order valence-electron chi connectivity index (χ1n) is 10.8. The van der Waals surface area contributed by atoms with Gasteiger partial charge in [0.05, 0.1) is 4.90 Å². The van der Waals surface area contributed by atoms with E-state index in [0.717, 1.165) is 16.5 Å². The summed E-state index contributed by atoms with van der Waals surface area (Å²) < 4.78 is 28.5. The summed E-state index contributed by atoms with van der Waals surface area (Å²) in [6.07, 6.45) is 3.21. The van der Waals surface area contributed by atoms with Crippen LogP contribution in [0.2, 0.25) is 0 Å². The third kappa shape index (κ3) is 4.83. The van der Waals surface area contributed by atoms with Crippen LogP contribution in [0.3, 0.4) is 0 Å². The Balaban J connectivity index is 1.78. The minimum absolute atomic E-state index is 0.0367. The van der Waals surface area contributed by atoms with Crippen LogP contribution in [-0.2, 0) is 23.1 Å². The zero-order chi connectivity index (χ0) is 24.5. The van der Waals surface area contributed by atoms with Crippen molar-refractivity contribution in [2.75, 3.05) is 0 Å². The minimum Gasteiger partial charge on any atom is -0.322 e. The van der Waals surface area contributed by atoms with Gasteiger partial charge in [-0.3, -0.25) is 14.6 Å². The third-order valence-corrected chi connectivity index (χ3v) is 7.52. The molecule has 0 aliphatic carbocycles. The van der Waals surface area contributed by atoms with Crippen molar-refractivity contribution in [2.24, 2.45) is 0 Å². The molecule has 174 valence electrons. The van der Waals surface area contributed by atoms with Crippen molar-refractivity contribution in [1.29, 1.82) is 0 Å². The first-order chi connectivity index (χ1) is 16.1. The molecule has 0 radical (unpaired) electrons. The summed E-state index contributed by atoms with van der Waals surface area (Å²) in [6, 6.07) is 15.0. The van der Waals surface area contributed by atoms with Crippen molar-refractivity contribution in [3.8, 4) is 0 Å². The summed E-state index contributed by atoms with van der Waals surface area (Å²) in [5, 5.41) is 0.865. The van der Waals surface area contributed by atoms with E-state index in [1.165, 1.54) is 35.5 Å². The zero-order valence-corrected chi connectivity index (χ0v) is 20.0. The summed E-state index contributed by atoms with van der Waals surface area (Å²) in [5.74, 6) is -0.149. The number of aromatic amines is 1. The maximum absolute atomic E-state index is 13.6. The number of carbonyl (C=O) groups excluding carboxylic acids is 1. The van der Waals surface area contributed by atoms with Gasteiger partial charge in [-0.05, 0) is 67.8 Å². The van der Waals surface area contributed by atoms with Crippen molar-refractivity contribution >= 4 is 26.7 Å². The second kappa shape index (κ2) is 9.32. The Bertz CT molecular complexity index is 1530. The van der Waals surface area contributed by atoms with E-state index in [0.29, 0.717) is 22.2 Å². The van der Waals surface area contributed by atoms with E-state index in [2.05, 4.69) is 9.97 Å². The van der Waals surface area contributed by atoms with E-state index in [9.17, 15) is 18.0 Å². The molecule has 34 heavy (non-hydrogen) atoms. The molecule has 2 aromatic heterocycles. The monoisotopic (exact) mass is 475 g/mol. The van der Waals surface area contributed by atoms with Crippen LogP contribution in [0, 0.1) is 13.8 Å². The molecule has 0 spiro atoms. The average molecular weight is 476 g/mol. The van der Waals surface area contributed by atoms with E-state index in [4.69, 9.17) is 0 Å². The number of nitrogens with zero attached hydrogens (tertiary/aromatic N) is 2. The van der Waals surface area contributed by atoms with Crippen molar-refractivity contribution < 1.29 is 13.2 Å². The third-order valence-electron chi connectivity index (χ3n) is 5.72. The van der Waals surface area contributed by atoms with Gasteiger partial charge in [-0.15, -0.1) is 0 Å². The van der Waals surface area contributed by atoms with Gasteiger partial charge >= 0.3 is 0 Å². The highest BCUT2D eigenvalue weighted by atomic mass is 32.2. The Hall–Kier alpha value is -3.62. The van der Waals surface area contributed by atoms with Crippen molar-refractivity contribution in [2.45, 2.75) is 38.8 Å². The molecule has 0 unspecified atom stereocenters. The van der Waals surface area contributed by atoms with Gasteiger partial charge in [0.15, 0.2) is 5.78 Å². The lowest BCUT2D eigenvalue weighted by Crippen LogP contribution is -2.32. The molecular formula is C26H25N3O4S. The van der Waals surface area contributed by atoms with Crippen LogP contribution in [0.4, 0.5) is 0 Å². The molecule has 4 rings (SSSR count). The zero-order valence-electron chi connectivity index (χ0n) is 19.2. The highest BCUT2D eigenvalue weighted by Gasteiger charge is 2.26. The Labute approximate surface area is 198 Å². The number of hydrogen-bond acceptors (Lipinski definition) is 5. The molecule has 0 saturated carbocycles. The normalized spacial score (nSPS) is 11.8. The number of aryl methyl sites for hydroxylation is 2. The van der Waals surface area contributed by atoms with Crippen LogP contribution in [0.5, 0.6) is 0 Å². The predicted octanol–water partition coefficient (Wildman–Crippen LogP) is 4.13. The molecular weight excluding hydrogens is 450 g/mol. The number of sulfonamides is 1. The number of aromatic nitrogens is 2. The van der Waals surface area contributed by atoms with Crippen LogP contribution < -0.4 is 5.56 Å². The second-order valence-corrected chi connectivity index (χ2v) is 10.3. The van der Waals surface area contributed by atoms with Gasteiger partial charge < -0.3 is 4.98 Å². The molecule has 0 amide bonds. The topological polar surface area (TPSA) is 100 Å². The van der Waals surface area contributed by atoms with Gasteiger partial charge in [0, 0.05) is 47.5 Å². The number of H-pyrrole nitrogens is 1. The number of Topliss-reactive ketones (excluding diaryl/α,β-unsaturated/α-hetero) is 1. The van der Waals surface area contributed by atoms with Gasteiger partial charge in [0.2, 0.25) is 10.0 Å². The standard InChI is InChI=1S/C26H25N3O4S/c1-17-11-18(2)24-13-22(26(31)28-25(24)12-17)16-29(15-20-5-4-10-27-14-20)34(32,33)23-8-6-21(7-9-23)19(3)30/h4-14H,15-16H2,1-3H3,(H,28,31). The van der Waals surface area contributed by atoms with E-state index < -0.39 is 10.0 Å². The van der Waals surface area contributed by atoms with Crippen molar-refractivity contribution in [1.82, 2.24) is 14.3 Å². The average Bonchev–Trinajstić information content (AvgIpc) is 2.80. The largest absolute Gasteiger partial charge is 0.322 e. The van der Waals surface area contributed by atoms with Gasteiger partial charge in [-0.2, -0.15) is 4.31 Å². The number of benzene rings is 2. The van der Waals surface area contributed by atoms with Crippen LogP contribution in [0.25, 0.3) is 10.9 Å². The molecule has 0 fully saturated rings. The summed E-state index contributed by atoms with van der Waals surface area (Å²) in [6.45, 7) is 5.25. The van der Waals surface area contributed by atoms with E-state index >= 15 is 0 Å². The Morgan fingerprint density at radius 2 is 1.76 bits per heavy atom. The molecule has 0 aliphatic heterocycles. The SMILES string of the molecule is CC(=O)c1ccc(S(=O)(=O)N(Cc2cccnc2)Cc2cc3c(C)cc(C)cc3[nH]c2=O)cc1. The van der Waals surface area contributed by atoms with E-state index in [1.54, 1.807) is 30.6 Å². The van der Waals surface area contributed by atoms with Gasteiger partial charge in [-0.25, -0.2) is 8.42 Å². The van der Waals surface area contributed by atoms with Crippen molar-refractivity contribution in [3.05, 3.63) is 105 Å². The van der Waals surface area contributed by atoms with Crippen LogP contribution >= 0.6 is 0 Å². The van der Waals surface area contributed by atoms with Gasteiger partial charge in [-0.1, -0.05) is 24.3 Å². The van der Waals surface area contributed by atoms with Gasteiger partial charge in [0.1, 0.15) is 0 Å². The lowest BCUT2D eigenvalue weighted by Gasteiger charge is -2.22. The van der Waals surface area contributed by atoms with E-state index in [1.807, 2.05) is 26.0 Å². The Kier molecular flexibility index (Phi) is 6.45. The number of ketones is 1. The highest BCUT2D eigenvalue weighted by molar-refractivity contribution is 7.89. The maximum Gasteiger partial charge on any atom is 0.252 e. The van der Waals surface area contributed by atoms with Crippen molar-refractivity contribution in [3.63, 3.8) is 0 Å². The minimum atomic E-state index is -3.99. The molecule has 7 nitrogen and oxygen atoms in total. The van der Waals surface area contributed by atoms with Crippen LogP contribution in [0.15, 0.2) is 76.7 Å². The van der Waals surface area contributed by atoms with Gasteiger partial charge in [0.25, 0.3) is 5.56 Å². The molecule has 0 atom stereocenters. The number of nitrogens with one attached hydrogen (secondary N) is 1. The molecule has 0 saturated heterocycles. The number of fused-ring (bicyclic) bond motifs is 1. The fourth-order valence-corrected chi connectivity index (χ4v) is 5.36. The summed E-state index contributed by atoms with van der Waals surface area (Å²) in [4.78, 5) is 31.5. The quantitative estimate of drug-likeness (QED) is 0.405. The fraction of sp³-hybridized carbons (Fsp3) is 0.192. The summed E-state index contributed by atoms with van der Waals surface area (Å²) in [5.41, 5.74) is 3.86. The predicted molar refractivity (Wildman–Crippen MR) is 131 cm³/mol. The molecule has 2 heterocycles. The number of hydrogen-bond donors (Lipinski definition) is 1. The lowest BCUT2D eigenvalue weighted by molar-refractivity contribution is 0.101. The molecule has 4 aromatic rings. The molecule has 2 aromatic carbocycles. The maximum atomic E-state index is 13.6. The first kappa shape index (κ1) is 23.5. The molecule has 0 aliphatic rings. The number of rotatable bonds is 7. The molecule has 1 N–H and O–H groups in total. The van der Waals surface area contributed by atoms with Crippen LogP contribution in [-0.4, -0.2) is 28.5 Å². The Morgan fingerprint density at radius 3 is 2.41 bits per heavy atom. The van der Waals surface area contributed by atoms with E-state index in [-0.39, 0.29) is 29.3 Å². The Morgan fingerprint density at radius 1 is 1.03 bits per heavy atom. The first-order valence-corrected chi connectivity index (χ1v) is 12.2. The fourth-order valence-electron chi connectivity index (χ4n) is 3.96. The molecule has 0 bridgehead atoms.